The Labute approximate surface area is 144 Å². The topological polar surface area (TPSA) is 50.8 Å². The Morgan fingerprint density at radius 1 is 1.21 bits per heavy atom. The summed E-state index contributed by atoms with van der Waals surface area (Å²) in [5.74, 6) is 1.52. The normalized spacial score (nSPS) is 20.8. The zero-order valence-corrected chi connectivity index (χ0v) is 14.7. The van der Waals surface area contributed by atoms with Crippen molar-refractivity contribution >= 4 is 5.97 Å². The molecule has 1 aromatic rings. The van der Waals surface area contributed by atoms with E-state index in [0.717, 1.165) is 26.2 Å². The Hall–Kier alpha value is -1.59. The molecule has 1 aliphatic carbocycles. The number of benzene rings is 1. The average Bonchev–Trinajstić information content (AvgIpc) is 3.11. The molecule has 0 spiro atoms. The molecule has 1 atom stereocenters. The third-order valence-electron chi connectivity index (χ3n) is 5.17. The largest absolute Gasteiger partial charge is 0.493 e. The number of nitrogens with one attached hydrogen (secondary N) is 1. The van der Waals surface area contributed by atoms with Crippen LogP contribution in [0.15, 0.2) is 18.2 Å². The number of methoxy groups -OCH3 is 1. The minimum absolute atomic E-state index is 0.324. The maximum atomic E-state index is 11.3. The molecule has 1 heterocycles. The lowest BCUT2D eigenvalue weighted by Crippen LogP contribution is -2.46. The molecule has 2 fully saturated rings. The van der Waals surface area contributed by atoms with Crippen LogP contribution in [0.4, 0.5) is 0 Å². The third kappa shape index (κ3) is 3.90. The Balaban J connectivity index is 1.89. The first-order valence-corrected chi connectivity index (χ1v) is 9.00. The Morgan fingerprint density at radius 3 is 2.54 bits per heavy atom. The fraction of sp³-hybridized carbons (Fsp3) is 0.632. The standard InChI is InChI=1S/C19H28N2O3/c1-14(22)24-17-8-7-16(13-18(17)23-2)19(15-5-3-4-6-15)21-11-9-20-10-12-21/h7-8,13,15,19-20H,3-6,9-12H2,1-2H3/t19-/m0/s1. The van der Waals surface area contributed by atoms with Crippen molar-refractivity contribution < 1.29 is 14.3 Å². The Morgan fingerprint density at radius 2 is 1.92 bits per heavy atom. The first kappa shape index (κ1) is 17.2. The molecule has 0 unspecified atom stereocenters. The zero-order chi connectivity index (χ0) is 16.9. The van der Waals surface area contributed by atoms with Crippen molar-refractivity contribution in [3.05, 3.63) is 23.8 Å². The van der Waals surface area contributed by atoms with Crippen LogP contribution >= 0.6 is 0 Å². The van der Waals surface area contributed by atoms with Crippen LogP contribution in [0.2, 0.25) is 0 Å². The molecule has 1 saturated heterocycles. The molecular weight excluding hydrogens is 304 g/mol. The van der Waals surface area contributed by atoms with Crippen LogP contribution in [-0.2, 0) is 4.79 Å². The highest BCUT2D eigenvalue weighted by Crippen LogP contribution is 2.42. The second-order valence-electron chi connectivity index (χ2n) is 6.78. The summed E-state index contributed by atoms with van der Waals surface area (Å²) in [5, 5.41) is 3.44. The Bertz CT molecular complexity index is 564. The van der Waals surface area contributed by atoms with E-state index in [1.807, 2.05) is 6.07 Å². The number of carbonyl (C=O) groups excluding carboxylic acids is 1. The molecule has 1 saturated carbocycles. The summed E-state index contributed by atoms with van der Waals surface area (Å²) in [6, 6.07) is 6.46. The summed E-state index contributed by atoms with van der Waals surface area (Å²) in [6.45, 7) is 5.66. The van der Waals surface area contributed by atoms with Crippen molar-refractivity contribution in [3.8, 4) is 11.5 Å². The van der Waals surface area contributed by atoms with Crippen LogP contribution < -0.4 is 14.8 Å². The van der Waals surface area contributed by atoms with Gasteiger partial charge >= 0.3 is 5.97 Å². The van der Waals surface area contributed by atoms with Crippen LogP contribution in [0, 0.1) is 5.92 Å². The molecule has 0 amide bonds. The van der Waals surface area contributed by atoms with E-state index < -0.39 is 0 Å². The van der Waals surface area contributed by atoms with Crippen LogP contribution in [0.3, 0.4) is 0 Å². The summed E-state index contributed by atoms with van der Waals surface area (Å²) in [4.78, 5) is 13.9. The van der Waals surface area contributed by atoms with E-state index in [9.17, 15) is 4.79 Å². The van der Waals surface area contributed by atoms with Gasteiger partial charge in [-0.15, -0.1) is 0 Å². The summed E-state index contributed by atoms with van der Waals surface area (Å²) in [5.41, 5.74) is 1.27. The van der Waals surface area contributed by atoms with E-state index in [0.29, 0.717) is 23.5 Å². The van der Waals surface area contributed by atoms with Crippen molar-refractivity contribution in [2.45, 2.75) is 38.6 Å². The van der Waals surface area contributed by atoms with Gasteiger partial charge in [-0.05, 0) is 36.5 Å². The summed E-state index contributed by atoms with van der Waals surface area (Å²) in [6.07, 6.45) is 5.25. The highest BCUT2D eigenvalue weighted by molar-refractivity contribution is 5.70. The molecular formula is C19H28N2O3. The summed E-state index contributed by atoms with van der Waals surface area (Å²) >= 11 is 0. The van der Waals surface area contributed by atoms with Crippen LogP contribution in [0.5, 0.6) is 11.5 Å². The van der Waals surface area contributed by atoms with Gasteiger partial charge in [-0.2, -0.15) is 0 Å². The number of hydrogen-bond donors (Lipinski definition) is 1. The van der Waals surface area contributed by atoms with Gasteiger partial charge in [0.15, 0.2) is 11.5 Å². The summed E-state index contributed by atoms with van der Waals surface area (Å²) < 4.78 is 10.7. The number of ether oxygens (including phenoxy) is 2. The van der Waals surface area contributed by atoms with Gasteiger partial charge in [-0.25, -0.2) is 0 Å². The second-order valence-corrected chi connectivity index (χ2v) is 6.78. The first-order chi connectivity index (χ1) is 11.7. The molecule has 24 heavy (non-hydrogen) atoms. The van der Waals surface area contributed by atoms with E-state index in [4.69, 9.17) is 9.47 Å². The predicted octanol–water partition coefficient (Wildman–Crippen LogP) is 2.76. The lowest BCUT2D eigenvalue weighted by molar-refractivity contribution is -0.132. The highest BCUT2D eigenvalue weighted by atomic mass is 16.6. The van der Waals surface area contributed by atoms with Crippen LogP contribution in [0.1, 0.15) is 44.2 Å². The predicted molar refractivity (Wildman–Crippen MR) is 93.4 cm³/mol. The number of piperazine rings is 1. The maximum absolute atomic E-state index is 11.3. The van der Waals surface area contributed by atoms with E-state index in [1.54, 1.807) is 7.11 Å². The van der Waals surface area contributed by atoms with Crippen molar-refractivity contribution in [3.63, 3.8) is 0 Å². The van der Waals surface area contributed by atoms with Gasteiger partial charge in [0.25, 0.3) is 0 Å². The van der Waals surface area contributed by atoms with Crippen molar-refractivity contribution in [2.75, 3.05) is 33.3 Å². The van der Waals surface area contributed by atoms with Gasteiger partial charge < -0.3 is 14.8 Å². The fourth-order valence-corrected chi connectivity index (χ4v) is 4.12. The van der Waals surface area contributed by atoms with Crippen LogP contribution in [0.25, 0.3) is 0 Å². The smallest absolute Gasteiger partial charge is 0.308 e. The number of rotatable bonds is 5. The van der Waals surface area contributed by atoms with Gasteiger partial charge in [0.2, 0.25) is 0 Å². The molecule has 1 aromatic carbocycles. The van der Waals surface area contributed by atoms with E-state index in [1.165, 1.54) is 38.2 Å². The zero-order valence-electron chi connectivity index (χ0n) is 14.7. The highest BCUT2D eigenvalue weighted by Gasteiger charge is 2.32. The summed E-state index contributed by atoms with van der Waals surface area (Å²) in [7, 11) is 1.63. The van der Waals surface area contributed by atoms with E-state index in [-0.39, 0.29) is 5.97 Å². The van der Waals surface area contributed by atoms with Crippen molar-refractivity contribution in [1.29, 1.82) is 0 Å². The SMILES string of the molecule is COc1cc([C@H](C2CCCC2)N2CCNCC2)ccc1OC(C)=O. The first-order valence-electron chi connectivity index (χ1n) is 9.00. The molecule has 5 nitrogen and oxygen atoms in total. The lowest BCUT2D eigenvalue weighted by Gasteiger charge is -2.38. The van der Waals surface area contributed by atoms with Crippen LogP contribution in [-0.4, -0.2) is 44.2 Å². The maximum Gasteiger partial charge on any atom is 0.308 e. The van der Waals surface area contributed by atoms with Gasteiger partial charge in [0.1, 0.15) is 0 Å². The van der Waals surface area contributed by atoms with Gasteiger partial charge in [0, 0.05) is 39.1 Å². The molecule has 3 rings (SSSR count). The fourth-order valence-electron chi connectivity index (χ4n) is 4.12. The number of carbonyl (C=O) groups is 1. The average molecular weight is 332 g/mol. The number of esters is 1. The molecule has 0 bridgehead atoms. The van der Waals surface area contributed by atoms with E-state index in [2.05, 4.69) is 22.3 Å². The minimum Gasteiger partial charge on any atom is -0.493 e. The van der Waals surface area contributed by atoms with E-state index >= 15 is 0 Å². The van der Waals surface area contributed by atoms with Crippen molar-refractivity contribution in [1.82, 2.24) is 10.2 Å². The minimum atomic E-state index is -0.324. The second kappa shape index (κ2) is 7.99. The molecule has 2 aliphatic rings. The molecule has 1 aliphatic heterocycles. The Kier molecular flexibility index (Phi) is 5.74. The molecule has 0 radical (unpaired) electrons. The number of nitrogens with zero attached hydrogens (tertiary/aromatic N) is 1. The van der Waals surface area contributed by atoms with Gasteiger partial charge in [0.05, 0.1) is 7.11 Å². The third-order valence-corrected chi connectivity index (χ3v) is 5.17. The van der Waals surface area contributed by atoms with Gasteiger partial charge in [-0.3, -0.25) is 9.69 Å². The van der Waals surface area contributed by atoms with Crippen molar-refractivity contribution in [2.24, 2.45) is 5.92 Å². The van der Waals surface area contributed by atoms with Gasteiger partial charge in [-0.1, -0.05) is 18.9 Å². The quantitative estimate of drug-likeness (QED) is 0.664. The molecule has 5 heteroatoms. The molecule has 132 valence electrons. The number of hydrogen-bond acceptors (Lipinski definition) is 5. The molecule has 0 aromatic heterocycles. The molecule has 1 N–H and O–H groups in total. The monoisotopic (exact) mass is 332 g/mol. The lowest BCUT2D eigenvalue weighted by atomic mass is 9.89.